The predicted molar refractivity (Wildman–Crippen MR) is 71.5 cm³/mol. The van der Waals surface area contributed by atoms with Crippen molar-refractivity contribution in [3.8, 4) is 0 Å². The molecule has 17 heavy (non-hydrogen) atoms. The Morgan fingerprint density at radius 3 is 3.00 bits per heavy atom. The van der Waals surface area contributed by atoms with Crippen molar-refractivity contribution < 1.29 is 4.39 Å². The van der Waals surface area contributed by atoms with Crippen molar-refractivity contribution in [3.05, 3.63) is 39.9 Å². The van der Waals surface area contributed by atoms with E-state index in [0.717, 1.165) is 24.0 Å². The van der Waals surface area contributed by atoms with E-state index < -0.39 is 5.82 Å². The van der Waals surface area contributed by atoms with Crippen molar-refractivity contribution in [3.63, 3.8) is 0 Å². The molecule has 0 fully saturated rings. The molecule has 0 saturated carbocycles. The van der Waals surface area contributed by atoms with Crippen molar-refractivity contribution in [1.82, 2.24) is 9.55 Å². The second-order valence-electron chi connectivity index (χ2n) is 3.72. The number of halogens is 2. The smallest absolute Gasteiger partial charge is 0.178 e. The standard InChI is InChI=1S/C12H12ClFN2S/c1-2-3-4-5-16-11-7-9(14)8(13)6-10(11)15-12(16)17/h2-3,6-7H,4-5H2,1H3,(H,15,17)/b3-2+. The Kier molecular flexibility index (Phi) is 3.64. The summed E-state index contributed by atoms with van der Waals surface area (Å²) in [6, 6.07) is 2.98. The number of fused-ring (bicyclic) bond motifs is 1. The first-order valence-electron chi connectivity index (χ1n) is 5.32. The molecule has 1 N–H and O–H groups in total. The van der Waals surface area contributed by atoms with Gasteiger partial charge in [0, 0.05) is 12.6 Å². The van der Waals surface area contributed by atoms with Crippen LogP contribution in [0, 0.1) is 10.6 Å². The monoisotopic (exact) mass is 270 g/mol. The van der Waals surface area contributed by atoms with Crippen LogP contribution in [0.15, 0.2) is 24.3 Å². The lowest BCUT2D eigenvalue weighted by molar-refractivity contribution is 0.628. The summed E-state index contributed by atoms with van der Waals surface area (Å²) < 4.78 is 15.9. The highest BCUT2D eigenvalue weighted by atomic mass is 35.5. The molecule has 1 heterocycles. The van der Waals surface area contributed by atoms with Gasteiger partial charge < -0.3 is 9.55 Å². The fourth-order valence-corrected chi connectivity index (χ4v) is 2.21. The Bertz CT molecular complexity index is 627. The third-order valence-electron chi connectivity index (χ3n) is 2.57. The summed E-state index contributed by atoms with van der Waals surface area (Å²) in [6.07, 6.45) is 4.89. The number of H-pyrrole nitrogens is 1. The van der Waals surface area contributed by atoms with Crippen molar-refractivity contribution in [2.24, 2.45) is 0 Å². The number of benzene rings is 1. The van der Waals surface area contributed by atoms with E-state index in [1.54, 1.807) is 6.07 Å². The molecule has 2 aromatic rings. The van der Waals surface area contributed by atoms with Crippen molar-refractivity contribution in [2.45, 2.75) is 19.9 Å². The van der Waals surface area contributed by atoms with E-state index in [9.17, 15) is 4.39 Å². The second kappa shape index (κ2) is 5.02. The highest BCUT2D eigenvalue weighted by Gasteiger charge is 2.08. The number of aryl methyl sites for hydroxylation is 1. The predicted octanol–water partition coefficient (Wildman–Crippen LogP) is 4.46. The first-order valence-corrected chi connectivity index (χ1v) is 6.11. The van der Waals surface area contributed by atoms with E-state index in [4.69, 9.17) is 23.8 Å². The molecule has 0 aliphatic rings. The molecule has 1 aromatic heterocycles. The maximum Gasteiger partial charge on any atom is 0.178 e. The molecule has 0 bridgehead atoms. The summed E-state index contributed by atoms with van der Waals surface area (Å²) in [4.78, 5) is 3.02. The van der Waals surface area contributed by atoms with Gasteiger partial charge in [0.05, 0.1) is 16.1 Å². The molecule has 0 radical (unpaired) electrons. The molecular weight excluding hydrogens is 259 g/mol. The van der Waals surface area contributed by atoms with Gasteiger partial charge in [0.15, 0.2) is 4.77 Å². The van der Waals surface area contributed by atoms with Crippen LogP contribution in [0.25, 0.3) is 11.0 Å². The summed E-state index contributed by atoms with van der Waals surface area (Å²) >= 11 is 10.9. The quantitative estimate of drug-likeness (QED) is 0.645. The van der Waals surface area contributed by atoms with E-state index in [0.29, 0.717) is 4.77 Å². The zero-order chi connectivity index (χ0) is 12.4. The number of imidazole rings is 1. The Hall–Kier alpha value is -1.13. The average molecular weight is 271 g/mol. The largest absolute Gasteiger partial charge is 0.331 e. The summed E-state index contributed by atoms with van der Waals surface area (Å²) in [5.74, 6) is -0.423. The Morgan fingerprint density at radius 1 is 1.53 bits per heavy atom. The van der Waals surface area contributed by atoms with E-state index in [1.807, 2.05) is 23.6 Å². The molecular formula is C12H12ClFN2S. The van der Waals surface area contributed by atoms with Crippen LogP contribution in [0.3, 0.4) is 0 Å². The molecule has 0 spiro atoms. The number of hydrogen-bond acceptors (Lipinski definition) is 1. The number of nitrogens with zero attached hydrogens (tertiary/aromatic N) is 1. The van der Waals surface area contributed by atoms with Crippen molar-refractivity contribution in [2.75, 3.05) is 0 Å². The second-order valence-corrected chi connectivity index (χ2v) is 4.52. The molecule has 0 saturated heterocycles. The van der Waals surface area contributed by atoms with E-state index in [-0.39, 0.29) is 5.02 Å². The molecule has 2 nitrogen and oxygen atoms in total. The lowest BCUT2D eigenvalue weighted by Crippen LogP contribution is -1.96. The first-order chi connectivity index (χ1) is 8.13. The molecule has 0 atom stereocenters. The highest BCUT2D eigenvalue weighted by molar-refractivity contribution is 7.71. The van der Waals surface area contributed by atoms with Gasteiger partial charge >= 0.3 is 0 Å². The van der Waals surface area contributed by atoms with Crippen molar-refractivity contribution in [1.29, 1.82) is 0 Å². The van der Waals surface area contributed by atoms with Crippen LogP contribution in [-0.4, -0.2) is 9.55 Å². The van der Waals surface area contributed by atoms with Gasteiger partial charge in [-0.05, 0) is 31.6 Å². The minimum Gasteiger partial charge on any atom is -0.331 e. The summed E-state index contributed by atoms with van der Waals surface area (Å²) in [5, 5.41) is 0.106. The van der Waals surface area contributed by atoms with Crippen LogP contribution < -0.4 is 0 Å². The SMILES string of the molecule is C/C=C/CCn1c(=S)[nH]c2cc(Cl)c(F)cc21. The number of aromatic nitrogens is 2. The minimum atomic E-state index is -0.423. The maximum absolute atomic E-state index is 13.4. The zero-order valence-corrected chi connectivity index (χ0v) is 10.9. The molecule has 5 heteroatoms. The fraction of sp³-hybridized carbons (Fsp3) is 0.250. The van der Waals surface area contributed by atoms with Crippen LogP contribution in [-0.2, 0) is 6.54 Å². The summed E-state index contributed by atoms with van der Waals surface area (Å²) in [7, 11) is 0. The summed E-state index contributed by atoms with van der Waals surface area (Å²) in [5.41, 5.74) is 1.52. The first kappa shape index (κ1) is 12.3. The lowest BCUT2D eigenvalue weighted by Gasteiger charge is -2.02. The minimum absolute atomic E-state index is 0.106. The number of rotatable bonds is 3. The maximum atomic E-state index is 13.4. The van der Waals surface area contributed by atoms with Crippen LogP contribution in [0.1, 0.15) is 13.3 Å². The zero-order valence-electron chi connectivity index (χ0n) is 9.34. The topological polar surface area (TPSA) is 20.7 Å². The average Bonchev–Trinajstić information content (AvgIpc) is 2.57. The summed E-state index contributed by atoms with van der Waals surface area (Å²) in [6.45, 7) is 2.69. The Balaban J connectivity index is 2.51. The van der Waals surface area contributed by atoms with Gasteiger partial charge in [-0.2, -0.15) is 0 Å². The van der Waals surface area contributed by atoms with Crippen LogP contribution >= 0.6 is 23.8 Å². The number of hydrogen-bond donors (Lipinski definition) is 1. The van der Waals surface area contributed by atoms with Crippen LogP contribution in [0.2, 0.25) is 5.02 Å². The van der Waals surface area contributed by atoms with E-state index >= 15 is 0 Å². The molecule has 0 amide bonds. The third kappa shape index (κ3) is 2.42. The van der Waals surface area contributed by atoms with Gasteiger partial charge in [0.1, 0.15) is 5.82 Å². The van der Waals surface area contributed by atoms with Gasteiger partial charge in [-0.25, -0.2) is 4.39 Å². The van der Waals surface area contributed by atoms with Gasteiger partial charge in [0.25, 0.3) is 0 Å². The number of nitrogens with one attached hydrogen (secondary N) is 1. The lowest BCUT2D eigenvalue weighted by atomic mass is 10.3. The molecule has 0 unspecified atom stereocenters. The van der Waals surface area contributed by atoms with Crippen molar-refractivity contribution >= 4 is 34.9 Å². The van der Waals surface area contributed by atoms with Crippen LogP contribution in [0.5, 0.6) is 0 Å². The van der Waals surface area contributed by atoms with Gasteiger partial charge in [-0.15, -0.1) is 0 Å². The third-order valence-corrected chi connectivity index (χ3v) is 3.18. The molecule has 2 rings (SSSR count). The number of aromatic amines is 1. The highest BCUT2D eigenvalue weighted by Crippen LogP contribution is 2.22. The molecule has 0 aliphatic carbocycles. The number of allylic oxidation sites excluding steroid dienone is 2. The normalized spacial score (nSPS) is 11.7. The molecule has 1 aromatic carbocycles. The van der Waals surface area contributed by atoms with E-state index in [1.165, 1.54) is 6.07 Å². The van der Waals surface area contributed by atoms with Gasteiger partial charge in [-0.1, -0.05) is 23.8 Å². The Morgan fingerprint density at radius 2 is 2.29 bits per heavy atom. The van der Waals surface area contributed by atoms with Crippen LogP contribution in [0.4, 0.5) is 4.39 Å². The van der Waals surface area contributed by atoms with E-state index in [2.05, 4.69) is 4.98 Å². The molecule has 0 aliphatic heterocycles. The Labute approximate surface area is 109 Å². The molecule has 90 valence electrons. The van der Waals surface area contributed by atoms with Gasteiger partial charge in [-0.3, -0.25) is 0 Å². The fourth-order valence-electron chi connectivity index (χ4n) is 1.74. The van der Waals surface area contributed by atoms with Gasteiger partial charge in [0.2, 0.25) is 0 Å².